The van der Waals surface area contributed by atoms with Gasteiger partial charge in [-0.15, -0.1) is 11.3 Å². The van der Waals surface area contributed by atoms with Crippen molar-refractivity contribution in [1.82, 2.24) is 4.98 Å². The average Bonchev–Trinajstić information content (AvgIpc) is 3.09. The van der Waals surface area contributed by atoms with Crippen LogP contribution >= 0.6 is 11.3 Å². The van der Waals surface area contributed by atoms with Crippen LogP contribution in [-0.2, 0) is 6.54 Å². The second-order valence-corrected chi connectivity index (χ2v) is 6.32. The summed E-state index contributed by atoms with van der Waals surface area (Å²) in [6, 6.07) is 16.1. The van der Waals surface area contributed by atoms with E-state index in [1.54, 1.807) is 11.3 Å². The fourth-order valence-corrected chi connectivity index (χ4v) is 3.07. The molecule has 2 aromatic carbocycles. The molecule has 0 spiro atoms. The van der Waals surface area contributed by atoms with Gasteiger partial charge in [-0.2, -0.15) is 0 Å². The number of nitrogens with zero attached hydrogens (tertiary/aromatic N) is 1. The second-order valence-electron chi connectivity index (χ2n) is 5.46. The van der Waals surface area contributed by atoms with Crippen LogP contribution in [0.2, 0.25) is 0 Å². The Morgan fingerprint density at radius 1 is 1.08 bits per heavy atom. The summed E-state index contributed by atoms with van der Waals surface area (Å²) < 4.78 is 5.35. The molecule has 1 aromatic heterocycles. The molecule has 0 fully saturated rings. The molecule has 0 atom stereocenters. The third kappa shape index (κ3) is 4.34. The maximum atomic E-state index is 8.75. The van der Waals surface area contributed by atoms with Crippen LogP contribution < -0.4 is 10.1 Å². The summed E-state index contributed by atoms with van der Waals surface area (Å²) in [6.07, 6.45) is 0. The lowest BCUT2D eigenvalue weighted by molar-refractivity contribution is 0.201. The number of aromatic nitrogens is 1. The largest absolute Gasteiger partial charge is 0.491 e. The maximum absolute atomic E-state index is 8.75. The first-order chi connectivity index (χ1) is 11.7. The summed E-state index contributed by atoms with van der Waals surface area (Å²) in [7, 11) is 0. The highest BCUT2D eigenvalue weighted by Crippen LogP contribution is 2.24. The van der Waals surface area contributed by atoms with Gasteiger partial charge >= 0.3 is 0 Å². The summed E-state index contributed by atoms with van der Waals surface area (Å²) >= 11 is 1.66. The number of aliphatic hydroxyl groups is 1. The third-order valence-electron chi connectivity index (χ3n) is 3.54. The van der Waals surface area contributed by atoms with E-state index in [1.807, 2.05) is 24.3 Å². The highest BCUT2D eigenvalue weighted by atomic mass is 32.1. The number of aryl methyl sites for hydroxylation is 1. The summed E-state index contributed by atoms with van der Waals surface area (Å²) in [4.78, 5) is 4.69. The van der Waals surface area contributed by atoms with Crippen LogP contribution in [0.25, 0.3) is 10.6 Å². The van der Waals surface area contributed by atoms with Crippen molar-refractivity contribution >= 4 is 17.0 Å². The number of aliphatic hydroxyl groups excluding tert-OH is 1. The number of nitrogens with one attached hydrogen (secondary N) is 1. The van der Waals surface area contributed by atoms with Crippen molar-refractivity contribution in [3.05, 3.63) is 65.2 Å². The number of thiazole rings is 1. The van der Waals surface area contributed by atoms with Gasteiger partial charge in [0, 0.05) is 16.6 Å². The van der Waals surface area contributed by atoms with Crippen LogP contribution in [0.5, 0.6) is 5.75 Å². The quantitative estimate of drug-likeness (QED) is 0.680. The van der Waals surface area contributed by atoms with Crippen molar-refractivity contribution in [2.24, 2.45) is 0 Å². The van der Waals surface area contributed by atoms with Crippen LogP contribution in [-0.4, -0.2) is 23.3 Å². The zero-order valence-corrected chi connectivity index (χ0v) is 14.3. The zero-order valence-electron chi connectivity index (χ0n) is 13.5. The number of anilines is 1. The highest BCUT2D eigenvalue weighted by molar-refractivity contribution is 7.13. The molecule has 0 amide bonds. The minimum absolute atomic E-state index is 0.0210. The maximum Gasteiger partial charge on any atom is 0.123 e. The van der Waals surface area contributed by atoms with Crippen LogP contribution in [0.15, 0.2) is 53.9 Å². The van der Waals surface area contributed by atoms with Crippen LogP contribution in [0.1, 0.15) is 11.3 Å². The van der Waals surface area contributed by atoms with E-state index in [4.69, 9.17) is 9.84 Å². The van der Waals surface area contributed by atoms with Gasteiger partial charge in [0.1, 0.15) is 17.4 Å². The molecule has 0 saturated heterocycles. The lowest BCUT2D eigenvalue weighted by Crippen LogP contribution is -2.02. The van der Waals surface area contributed by atoms with Gasteiger partial charge in [0.2, 0.25) is 0 Å². The van der Waals surface area contributed by atoms with Crippen LogP contribution in [0.4, 0.5) is 5.69 Å². The van der Waals surface area contributed by atoms with E-state index < -0.39 is 0 Å². The van der Waals surface area contributed by atoms with Gasteiger partial charge < -0.3 is 15.2 Å². The number of ether oxygens (including phenoxy) is 1. The minimum Gasteiger partial charge on any atom is -0.491 e. The van der Waals surface area contributed by atoms with Gasteiger partial charge in [-0.1, -0.05) is 29.8 Å². The molecule has 5 heteroatoms. The third-order valence-corrected chi connectivity index (χ3v) is 4.48. The molecule has 3 aromatic rings. The first-order valence-electron chi connectivity index (χ1n) is 7.83. The molecule has 3 rings (SSSR count). The fourth-order valence-electron chi connectivity index (χ4n) is 2.24. The van der Waals surface area contributed by atoms with E-state index in [-0.39, 0.29) is 6.61 Å². The molecule has 0 radical (unpaired) electrons. The zero-order chi connectivity index (χ0) is 16.8. The molecule has 0 bridgehead atoms. The van der Waals surface area contributed by atoms with Gasteiger partial charge in [0.25, 0.3) is 0 Å². The first kappa shape index (κ1) is 16.5. The van der Waals surface area contributed by atoms with Gasteiger partial charge in [-0.3, -0.25) is 0 Å². The summed E-state index contributed by atoms with van der Waals surface area (Å²) in [5, 5.41) is 15.2. The van der Waals surface area contributed by atoms with Crippen molar-refractivity contribution < 1.29 is 9.84 Å². The van der Waals surface area contributed by atoms with E-state index in [0.29, 0.717) is 13.2 Å². The number of hydrogen-bond acceptors (Lipinski definition) is 5. The topological polar surface area (TPSA) is 54.4 Å². The molecule has 2 N–H and O–H groups in total. The minimum atomic E-state index is 0.0210. The molecule has 1 heterocycles. The Hall–Kier alpha value is -2.37. The first-order valence-corrected chi connectivity index (χ1v) is 8.71. The normalized spacial score (nSPS) is 10.6. The average molecular weight is 340 g/mol. The molecular weight excluding hydrogens is 320 g/mol. The molecule has 0 aliphatic carbocycles. The molecule has 4 nitrogen and oxygen atoms in total. The molecule has 24 heavy (non-hydrogen) atoms. The van der Waals surface area contributed by atoms with E-state index >= 15 is 0 Å². The standard InChI is InChI=1S/C19H20N2O2S/c1-14-2-4-15(5-3-14)19-21-17(13-24-19)12-20-16-6-8-18(9-7-16)23-11-10-22/h2-9,13,20,22H,10-12H2,1H3. The number of hydrogen-bond donors (Lipinski definition) is 2. The fraction of sp³-hybridized carbons (Fsp3) is 0.211. The smallest absolute Gasteiger partial charge is 0.123 e. The summed E-state index contributed by atoms with van der Waals surface area (Å²) in [5.41, 5.74) is 4.44. The monoisotopic (exact) mass is 340 g/mol. The molecule has 0 saturated carbocycles. The van der Waals surface area contributed by atoms with Gasteiger partial charge in [0.15, 0.2) is 0 Å². The Morgan fingerprint density at radius 2 is 1.83 bits per heavy atom. The van der Waals surface area contributed by atoms with Gasteiger partial charge in [0.05, 0.1) is 18.8 Å². The number of benzene rings is 2. The molecule has 124 valence electrons. The van der Waals surface area contributed by atoms with Crippen LogP contribution in [0, 0.1) is 6.92 Å². The van der Waals surface area contributed by atoms with E-state index in [0.717, 1.165) is 27.7 Å². The predicted octanol–water partition coefficient (Wildman–Crippen LogP) is 4.10. The Balaban J connectivity index is 1.58. The lowest BCUT2D eigenvalue weighted by atomic mass is 10.2. The van der Waals surface area contributed by atoms with Crippen molar-refractivity contribution in [2.75, 3.05) is 18.5 Å². The second kappa shape index (κ2) is 7.95. The summed E-state index contributed by atoms with van der Waals surface area (Å²) in [5.74, 6) is 0.755. The number of rotatable bonds is 7. The Bertz CT molecular complexity index is 767. The van der Waals surface area contributed by atoms with Gasteiger partial charge in [-0.05, 0) is 31.2 Å². The summed E-state index contributed by atoms with van der Waals surface area (Å²) in [6.45, 7) is 3.10. The van der Waals surface area contributed by atoms with Crippen LogP contribution in [0.3, 0.4) is 0 Å². The highest BCUT2D eigenvalue weighted by Gasteiger charge is 2.05. The molecular formula is C19H20N2O2S. The van der Waals surface area contributed by atoms with Gasteiger partial charge in [-0.25, -0.2) is 4.98 Å². The predicted molar refractivity (Wildman–Crippen MR) is 98.6 cm³/mol. The Labute approximate surface area is 145 Å². The van der Waals surface area contributed by atoms with E-state index in [9.17, 15) is 0 Å². The molecule has 0 aliphatic rings. The van der Waals surface area contributed by atoms with Crippen molar-refractivity contribution in [2.45, 2.75) is 13.5 Å². The Kier molecular flexibility index (Phi) is 5.46. The molecule has 0 aliphatic heterocycles. The van der Waals surface area contributed by atoms with Crippen molar-refractivity contribution in [3.8, 4) is 16.3 Å². The molecule has 0 unspecified atom stereocenters. The van der Waals surface area contributed by atoms with E-state index in [1.165, 1.54) is 5.56 Å². The van der Waals surface area contributed by atoms with Crippen molar-refractivity contribution in [1.29, 1.82) is 0 Å². The van der Waals surface area contributed by atoms with Crippen molar-refractivity contribution in [3.63, 3.8) is 0 Å². The Morgan fingerprint density at radius 3 is 2.54 bits per heavy atom. The SMILES string of the molecule is Cc1ccc(-c2nc(CNc3ccc(OCCO)cc3)cs2)cc1. The van der Waals surface area contributed by atoms with E-state index in [2.05, 4.69) is 46.9 Å². The lowest BCUT2D eigenvalue weighted by Gasteiger charge is -2.07.